The topological polar surface area (TPSA) is 55.1 Å². The Bertz CT molecular complexity index is 235. The van der Waals surface area contributed by atoms with Gasteiger partial charge in [0, 0.05) is 6.54 Å². The van der Waals surface area contributed by atoms with Crippen molar-refractivity contribution in [3.05, 3.63) is 0 Å². The summed E-state index contributed by atoms with van der Waals surface area (Å²) in [4.78, 5) is 10.9. The van der Waals surface area contributed by atoms with Gasteiger partial charge in [0.05, 0.1) is 0 Å². The first-order valence-electron chi connectivity index (χ1n) is 4.35. The number of rotatable bonds is 3. The lowest BCUT2D eigenvalue weighted by atomic mass is 10.1. The number of amides is 1. The van der Waals surface area contributed by atoms with Gasteiger partial charge in [-0.05, 0) is 18.3 Å². The summed E-state index contributed by atoms with van der Waals surface area (Å²) in [5.74, 6) is -1.15. The van der Waals surface area contributed by atoms with Crippen LogP contribution in [-0.4, -0.2) is 24.7 Å². The molecule has 0 heterocycles. The molecule has 1 rings (SSSR count). The SMILES string of the molecule is CC1(CNC(=O)C(N)C(F)(F)F)CC1. The zero-order chi connectivity index (χ0) is 11.0. The van der Waals surface area contributed by atoms with Crippen LogP contribution in [0, 0.1) is 5.41 Å². The lowest BCUT2D eigenvalue weighted by Gasteiger charge is -2.16. The minimum Gasteiger partial charge on any atom is -0.354 e. The van der Waals surface area contributed by atoms with Crippen molar-refractivity contribution in [3.63, 3.8) is 0 Å². The van der Waals surface area contributed by atoms with Gasteiger partial charge in [-0.3, -0.25) is 4.79 Å². The van der Waals surface area contributed by atoms with E-state index in [1.807, 2.05) is 6.92 Å². The smallest absolute Gasteiger partial charge is 0.354 e. The lowest BCUT2D eigenvalue weighted by Crippen LogP contribution is -2.51. The predicted molar refractivity (Wildman–Crippen MR) is 44.4 cm³/mol. The summed E-state index contributed by atoms with van der Waals surface area (Å²) < 4.78 is 35.8. The van der Waals surface area contributed by atoms with E-state index < -0.39 is 18.1 Å². The molecule has 0 aromatic rings. The van der Waals surface area contributed by atoms with Gasteiger partial charge in [0.2, 0.25) is 5.91 Å². The maximum Gasteiger partial charge on any atom is 0.412 e. The number of hydrogen-bond donors (Lipinski definition) is 2. The average molecular weight is 210 g/mol. The molecule has 1 aliphatic rings. The normalized spacial score (nSPS) is 21.5. The molecule has 1 aliphatic carbocycles. The summed E-state index contributed by atoms with van der Waals surface area (Å²) >= 11 is 0. The van der Waals surface area contributed by atoms with E-state index in [2.05, 4.69) is 5.32 Å². The molecule has 14 heavy (non-hydrogen) atoms. The Hall–Kier alpha value is -0.780. The Labute approximate surface area is 79.8 Å². The summed E-state index contributed by atoms with van der Waals surface area (Å²) in [6, 6.07) is -2.41. The Morgan fingerprint density at radius 3 is 2.43 bits per heavy atom. The van der Waals surface area contributed by atoms with Crippen LogP contribution < -0.4 is 11.1 Å². The molecule has 0 radical (unpaired) electrons. The van der Waals surface area contributed by atoms with E-state index in [0.717, 1.165) is 12.8 Å². The molecule has 3 nitrogen and oxygen atoms in total. The van der Waals surface area contributed by atoms with E-state index in [4.69, 9.17) is 5.73 Å². The molecular formula is C8H13F3N2O. The third-order valence-electron chi connectivity index (χ3n) is 2.43. The van der Waals surface area contributed by atoms with Gasteiger partial charge in [-0.25, -0.2) is 0 Å². The highest BCUT2D eigenvalue weighted by Gasteiger charge is 2.43. The molecule has 3 N–H and O–H groups in total. The molecule has 1 atom stereocenters. The number of nitrogens with one attached hydrogen (secondary N) is 1. The van der Waals surface area contributed by atoms with E-state index >= 15 is 0 Å². The van der Waals surface area contributed by atoms with Crippen molar-refractivity contribution in [2.24, 2.45) is 11.1 Å². The van der Waals surface area contributed by atoms with Crippen molar-refractivity contribution in [2.45, 2.75) is 32.0 Å². The van der Waals surface area contributed by atoms with E-state index in [1.54, 1.807) is 0 Å². The fourth-order valence-corrected chi connectivity index (χ4v) is 0.949. The molecule has 0 spiro atoms. The largest absolute Gasteiger partial charge is 0.412 e. The number of carbonyl (C=O) groups is 1. The van der Waals surface area contributed by atoms with Crippen molar-refractivity contribution < 1.29 is 18.0 Å². The third kappa shape index (κ3) is 2.87. The van der Waals surface area contributed by atoms with Crippen molar-refractivity contribution in [1.29, 1.82) is 0 Å². The standard InChI is InChI=1S/C8H13F3N2O/c1-7(2-3-7)4-13-6(14)5(12)8(9,10)11/h5H,2-4,12H2,1H3,(H,13,14). The highest BCUT2D eigenvalue weighted by Crippen LogP contribution is 2.44. The predicted octanol–water partition coefficient (Wildman–Crippen LogP) is 0.792. The molecule has 0 aromatic carbocycles. The van der Waals surface area contributed by atoms with Gasteiger partial charge in [-0.2, -0.15) is 13.2 Å². The summed E-state index contributed by atoms with van der Waals surface area (Å²) in [5.41, 5.74) is 4.69. The van der Waals surface area contributed by atoms with E-state index in [-0.39, 0.29) is 12.0 Å². The van der Waals surface area contributed by atoms with Crippen LogP contribution in [0.5, 0.6) is 0 Å². The molecule has 0 aliphatic heterocycles. The maximum absolute atomic E-state index is 11.9. The van der Waals surface area contributed by atoms with E-state index in [9.17, 15) is 18.0 Å². The van der Waals surface area contributed by atoms with E-state index in [1.165, 1.54) is 0 Å². The van der Waals surface area contributed by atoms with Gasteiger partial charge in [0.1, 0.15) is 0 Å². The van der Waals surface area contributed by atoms with Crippen molar-refractivity contribution in [3.8, 4) is 0 Å². The van der Waals surface area contributed by atoms with Gasteiger partial charge in [-0.15, -0.1) is 0 Å². The highest BCUT2D eigenvalue weighted by atomic mass is 19.4. The monoisotopic (exact) mass is 210 g/mol. The first kappa shape index (κ1) is 11.3. The van der Waals surface area contributed by atoms with Crippen LogP contribution >= 0.6 is 0 Å². The number of alkyl halides is 3. The van der Waals surface area contributed by atoms with Crippen molar-refractivity contribution in [2.75, 3.05) is 6.54 Å². The zero-order valence-corrected chi connectivity index (χ0v) is 7.82. The average Bonchev–Trinajstić information content (AvgIpc) is 2.77. The minimum absolute atomic E-state index is 0.0129. The Balaban J connectivity index is 2.34. The molecular weight excluding hydrogens is 197 g/mol. The van der Waals surface area contributed by atoms with Gasteiger partial charge >= 0.3 is 6.18 Å². The minimum atomic E-state index is -4.66. The van der Waals surface area contributed by atoms with Crippen LogP contribution in [0.1, 0.15) is 19.8 Å². The van der Waals surface area contributed by atoms with Crippen molar-refractivity contribution >= 4 is 5.91 Å². The van der Waals surface area contributed by atoms with Crippen LogP contribution in [0.15, 0.2) is 0 Å². The van der Waals surface area contributed by atoms with Gasteiger partial charge in [0.25, 0.3) is 0 Å². The number of nitrogens with two attached hydrogens (primary N) is 1. The zero-order valence-electron chi connectivity index (χ0n) is 7.82. The first-order valence-corrected chi connectivity index (χ1v) is 4.35. The Morgan fingerprint density at radius 2 is 2.07 bits per heavy atom. The van der Waals surface area contributed by atoms with Crippen LogP contribution in [0.3, 0.4) is 0 Å². The fourth-order valence-electron chi connectivity index (χ4n) is 0.949. The van der Waals surface area contributed by atoms with Crippen molar-refractivity contribution in [1.82, 2.24) is 5.32 Å². The second-order valence-corrected chi connectivity index (χ2v) is 4.05. The first-order chi connectivity index (χ1) is 6.25. The highest BCUT2D eigenvalue weighted by molar-refractivity contribution is 5.82. The molecule has 0 bridgehead atoms. The van der Waals surface area contributed by atoms with E-state index in [0.29, 0.717) is 0 Å². The third-order valence-corrected chi connectivity index (χ3v) is 2.43. The van der Waals surface area contributed by atoms with Gasteiger partial charge < -0.3 is 11.1 Å². The molecule has 0 saturated heterocycles. The summed E-state index contributed by atoms with van der Waals surface area (Å²) in [7, 11) is 0. The lowest BCUT2D eigenvalue weighted by molar-refractivity contribution is -0.162. The van der Waals surface area contributed by atoms with Gasteiger partial charge in [-0.1, -0.05) is 6.92 Å². The van der Waals surface area contributed by atoms with Crippen LogP contribution in [0.4, 0.5) is 13.2 Å². The molecule has 0 aromatic heterocycles. The second-order valence-electron chi connectivity index (χ2n) is 4.05. The molecule has 82 valence electrons. The summed E-state index contributed by atoms with van der Waals surface area (Å²) in [6.07, 6.45) is -2.78. The quantitative estimate of drug-likeness (QED) is 0.723. The number of hydrogen-bond acceptors (Lipinski definition) is 2. The van der Waals surface area contributed by atoms with Crippen LogP contribution in [0.2, 0.25) is 0 Å². The fraction of sp³-hybridized carbons (Fsp3) is 0.875. The molecule has 1 unspecified atom stereocenters. The maximum atomic E-state index is 11.9. The molecule has 6 heteroatoms. The second kappa shape index (κ2) is 3.42. The van der Waals surface area contributed by atoms with Gasteiger partial charge in [0.15, 0.2) is 6.04 Å². The number of halogens is 3. The Kier molecular flexibility index (Phi) is 2.76. The summed E-state index contributed by atoms with van der Waals surface area (Å²) in [5, 5.41) is 2.21. The molecule has 1 fully saturated rings. The van der Waals surface area contributed by atoms with Crippen LogP contribution in [0.25, 0.3) is 0 Å². The van der Waals surface area contributed by atoms with Crippen LogP contribution in [-0.2, 0) is 4.79 Å². The Morgan fingerprint density at radius 1 is 1.57 bits per heavy atom. The molecule has 1 amide bonds. The molecule has 1 saturated carbocycles. The number of carbonyl (C=O) groups excluding carboxylic acids is 1. The summed E-state index contributed by atoms with van der Waals surface area (Å²) in [6.45, 7) is 2.18.